The minimum Gasteiger partial charge on any atom is -0.317 e. The van der Waals surface area contributed by atoms with Gasteiger partial charge in [0.25, 0.3) is 0 Å². The molecule has 0 radical (unpaired) electrons. The van der Waals surface area contributed by atoms with Gasteiger partial charge in [0.05, 0.1) is 24.5 Å². The third-order valence-electron chi connectivity index (χ3n) is 8.18. The van der Waals surface area contributed by atoms with Gasteiger partial charge in [-0.1, -0.05) is 36.8 Å². The summed E-state index contributed by atoms with van der Waals surface area (Å²) >= 11 is 0. The van der Waals surface area contributed by atoms with Crippen molar-refractivity contribution in [2.45, 2.75) is 56.0 Å². The molecule has 2 aromatic rings. The van der Waals surface area contributed by atoms with Crippen molar-refractivity contribution in [3.05, 3.63) is 54.1 Å². The van der Waals surface area contributed by atoms with E-state index in [1.165, 1.54) is 24.8 Å². The molecule has 0 N–H and O–H groups in total. The third kappa shape index (κ3) is 3.47. The number of halogens is 1. The minimum atomic E-state index is -0.488. The summed E-state index contributed by atoms with van der Waals surface area (Å²) in [5, 5.41) is 0. The quantitative estimate of drug-likeness (QED) is 0.695. The van der Waals surface area contributed by atoms with Gasteiger partial charge < -0.3 is 4.90 Å². The van der Waals surface area contributed by atoms with E-state index in [2.05, 4.69) is 64.2 Å². The molecule has 1 aromatic carbocycles. The van der Waals surface area contributed by atoms with Gasteiger partial charge in [-0.2, -0.15) is 0 Å². The van der Waals surface area contributed by atoms with Crippen LogP contribution in [0, 0.1) is 11.7 Å². The number of amides is 2. The Morgan fingerprint density at radius 2 is 1.72 bits per heavy atom. The Balaban J connectivity index is 1.44. The summed E-state index contributed by atoms with van der Waals surface area (Å²) in [6.07, 6.45) is 9.74. The summed E-state index contributed by atoms with van der Waals surface area (Å²) in [5.74, 6) is 0.400. The van der Waals surface area contributed by atoms with Gasteiger partial charge in [0, 0.05) is 12.1 Å². The molecule has 3 aliphatic rings. The number of carbonyl (C=O) groups is 1. The van der Waals surface area contributed by atoms with Crippen LogP contribution in [0.4, 0.5) is 15.1 Å². The lowest BCUT2D eigenvalue weighted by Crippen LogP contribution is -2.56. The highest BCUT2D eigenvalue weighted by Gasteiger charge is 2.55. The molecular formula is C25H32FN5O. The van der Waals surface area contributed by atoms with Crippen LogP contribution in [0.5, 0.6) is 0 Å². The Labute approximate surface area is 189 Å². The van der Waals surface area contributed by atoms with E-state index in [-0.39, 0.29) is 17.1 Å². The summed E-state index contributed by atoms with van der Waals surface area (Å²) < 4.78 is 13.4. The van der Waals surface area contributed by atoms with Crippen molar-refractivity contribution in [1.29, 1.82) is 0 Å². The molecule has 32 heavy (non-hydrogen) atoms. The highest BCUT2D eigenvalue weighted by Crippen LogP contribution is 2.49. The van der Waals surface area contributed by atoms with E-state index in [0.717, 1.165) is 44.6 Å². The molecule has 1 aromatic heterocycles. The topological polar surface area (TPSA) is 52.6 Å². The maximum Gasteiger partial charge on any atom is 0.327 e. The van der Waals surface area contributed by atoms with Crippen molar-refractivity contribution in [1.82, 2.24) is 19.8 Å². The fourth-order valence-electron chi connectivity index (χ4n) is 5.90. The van der Waals surface area contributed by atoms with E-state index >= 15 is 0 Å². The first-order chi connectivity index (χ1) is 15.4. The average molecular weight is 438 g/mol. The van der Waals surface area contributed by atoms with Gasteiger partial charge in [-0.3, -0.25) is 9.80 Å². The van der Waals surface area contributed by atoms with Crippen LogP contribution in [0.25, 0.3) is 0 Å². The van der Waals surface area contributed by atoms with Crippen LogP contribution in [0.2, 0.25) is 0 Å². The van der Waals surface area contributed by atoms with Gasteiger partial charge in [0.1, 0.15) is 0 Å². The van der Waals surface area contributed by atoms with E-state index < -0.39 is 5.82 Å². The molecule has 0 atom stereocenters. The highest BCUT2D eigenvalue weighted by molar-refractivity contribution is 5.93. The molecule has 0 unspecified atom stereocenters. The molecule has 2 aliphatic carbocycles. The van der Waals surface area contributed by atoms with Gasteiger partial charge in [0.15, 0.2) is 5.82 Å². The van der Waals surface area contributed by atoms with Crippen molar-refractivity contribution in [2.24, 2.45) is 5.92 Å². The lowest BCUT2D eigenvalue weighted by atomic mass is 9.68. The first-order valence-electron chi connectivity index (χ1n) is 11.7. The maximum atomic E-state index is 13.6. The van der Waals surface area contributed by atoms with Gasteiger partial charge in [-0.05, 0) is 64.1 Å². The molecule has 1 aliphatic heterocycles. The summed E-state index contributed by atoms with van der Waals surface area (Å²) in [7, 11) is 4.32. The molecule has 2 amide bonds. The van der Waals surface area contributed by atoms with Crippen LogP contribution in [0.3, 0.4) is 0 Å². The van der Waals surface area contributed by atoms with Gasteiger partial charge >= 0.3 is 6.03 Å². The van der Waals surface area contributed by atoms with Crippen LogP contribution in [-0.2, 0) is 5.54 Å². The number of hydrogen-bond acceptors (Lipinski definition) is 4. The van der Waals surface area contributed by atoms with Crippen molar-refractivity contribution in [3.63, 3.8) is 0 Å². The largest absolute Gasteiger partial charge is 0.327 e. The summed E-state index contributed by atoms with van der Waals surface area (Å²) in [5.41, 5.74) is 1.09. The van der Waals surface area contributed by atoms with Crippen LogP contribution < -0.4 is 4.90 Å². The van der Waals surface area contributed by atoms with E-state index in [0.29, 0.717) is 18.4 Å². The van der Waals surface area contributed by atoms with Crippen molar-refractivity contribution in [3.8, 4) is 0 Å². The summed E-state index contributed by atoms with van der Waals surface area (Å²) in [6.45, 7) is 1.37. The fraction of sp³-hybridized carbons (Fsp3) is 0.560. The standard InChI is InChI=1S/C25H32FN5O/c1-29(2)25(20-9-4-3-5-10-20)13-11-24(12-14-25)18-30(22-27-15-21(26)16-28-22)23(32)31(24)17-19-7-6-8-19/h3-5,9-10,15-16,19H,6-8,11-14,17-18H2,1-2H3/t24-,25+. The number of nitrogens with zero attached hydrogens (tertiary/aromatic N) is 5. The van der Waals surface area contributed by atoms with Crippen LogP contribution in [-0.4, -0.2) is 58.5 Å². The summed E-state index contributed by atoms with van der Waals surface area (Å²) in [4.78, 5) is 28.0. The number of rotatable bonds is 5. The fourth-order valence-corrected chi connectivity index (χ4v) is 5.90. The second-order valence-electron chi connectivity index (χ2n) is 9.99. The molecule has 1 spiro atoms. The normalized spacial score (nSPS) is 28.6. The zero-order valence-electron chi connectivity index (χ0n) is 19.0. The lowest BCUT2D eigenvalue weighted by molar-refractivity contribution is 0.0172. The van der Waals surface area contributed by atoms with Crippen LogP contribution >= 0.6 is 0 Å². The van der Waals surface area contributed by atoms with Crippen LogP contribution in [0.15, 0.2) is 42.7 Å². The smallest absolute Gasteiger partial charge is 0.317 e. The van der Waals surface area contributed by atoms with E-state index in [4.69, 9.17) is 0 Å². The van der Waals surface area contributed by atoms with Gasteiger partial charge in [-0.15, -0.1) is 0 Å². The average Bonchev–Trinajstić information content (AvgIpc) is 3.04. The number of aromatic nitrogens is 2. The second kappa shape index (κ2) is 8.10. The van der Waals surface area contributed by atoms with Crippen molar-refractivity contribution >= 4 is 12.0 Å². The molecule has 2 saturated carbocycles. The zero-order chi connectivity index (χ0) is 22.3. The second-order valence-corrected chi connectivity index (χ2v) is 9.99. The van der Waals surface area contributed by atoms with E-state index in [1.807, 2.05) is 0 Å². The molecule has 5 rings (SSSR count). The van der Waals surface area contributed by atoms with Crippen molar-refractivity contribution < 1.29 is 9.18 Å². The molecule has 7 heteroatoms. The Morgan fingerprint density at radius 3 is 2.28 bits per heavy atom. The number of urea groups is 1. The number of benzene rings is 1. The Kier molecular flexibility index (Phi) is 5.40. The Hall–Kier alpha value is -2.54. The molecule has 3 fully saturated rings. The molecule has 6 nitrogen and oxygen atoms in total. The first-order valence-corrected chi connectivity index (χ1v) is 11.7. The van der Waals surface area contributed by atoms with Crippen molar-refractivity contribution in [2.75, 3.05) is 32.1 Å². The predicted octanol–water partition coefficient (Wildman–Crippen LogP) is 4.43. The van der Waals surface area contributed by atoms with Crippen LogP contribution in [0.1, 0.15) is 50.5 Å². The Bertz CT molecular complexity index is 952. The minimum absolute atomic E-state index is 0.0272. The number of hydrogen-bond donors (Lipinski definition) is 0. The third-order valence-corrected chi connectivity index (χ3v) is 8.18. The van der Waals surface area contributed by atoms with Gasteiger partial charge in [0.2, 0.25) is 5.95 Å². The SMILES string of the molecule is CN(C)[C@]1(c2ccccc2)CC[C@]2(CC1)CN(c1ncc(F)cn1)C(=O)N2CC1CCC1. The first kappa shape index (κ1) is 21.3. The van der Waals surface area contributed by atoms with Gasteiger partial charge in [-0.25, -0.2) is 19.2 Å². The molecule has 2 heterocycles. The molecule has 1 saturated heterocycles. The number of anilines is 1. The number of carbonyl (C=O) groups excluding carboxylic acids is 1. The maximum absolute atomic E-state index is 13.6. The predicted molar refractivity (Wildman–Crippen MR) is 122 cm³/mol. The highest BCUT2D eigenvalue weighted by atomic mass is 19.1. The molecule has 170 valence electrons. The molecular weight excluding hydrogens is 405 g/mol. The lowest BCUT2D eigenvalue weighted by Gasteiger charge is -2.51. The Morgan fingerprint density at radius 1 is 1.06 bits per heavy atom. The zero-order valence-corrected chi connectivity index (χ0v) is 19.0. The van der Waals surface area contributed by atoms with E-state index in [1.54, 1.807) is 4.90 Å². The summed E-state index contributed by atoms with van der Waals surface area (Å²) in [6, 6.07) is 10.7. The molecule has 0 bridgehead atoms. The monoisotopic (exact) mass is 437 g/mol. The van der Waals surface area contributed by atoms with E-state index in [9.17, 15) is 9.18 Å².